The lowest BCUT2D eigenvalue weighted by Gasteiger charge is -2.32. The Morgan fingerprint density at radius 2 is 2.40 bits per heavy atom. The number of rotatable bonds is 3. The fourth-order valence-electron chi connectivity index (χ4n) is 1.80. The molecule has 84 valence electrons. The normalized spacial score (nSPS) is 21.0. The minimum Gasteiger partial charge on any atom is -0.388 e. The molecule has 0 aromatic carbocycles. The predicted octanol–water partition coefficient (Wildman–Crippen LogP) is -1.20. The monoisotopic (exact) mass is 211 g/mol. The van der Waals surface area contributed by atoms with Crippen molar-refractivity contribution in [1.29, 1.82) is 0 Å². The Balaban J connectivity index is 1.98. The van der Waals surface area contributed by atoms with Crippen LogP contribution in [0.2, 0.25) is 0 Å². The first kappa shape index (κ1) is 10.5. The van der Waals surface area contributed by atoms with Gasteiger partial charge in [-0.05, 0) is 6.92 Å². The van der Waals surface area contributed by atoms with Crippen molar-refractivity contribution >= 4 is 0 Å². The topological polar surface area (TPSA) is 80.2 Å². The quantitative estimate of drug-likeness (QED) is 0.656. The molecule has 2 rings (SSSR count). The zero-order valence-electron chi connectivity index (χ0n) is 8.93. The number of nitrogens with zero attached hydrogens (tertiary/aromatic N) is 4. The molecule has 1 aliphatic heterocycles. The first-order valence-corrected chi connectivity index (χ1v) is 5.12. The fourth-order valence-corrected chi connectivity index (χ4v) is 1.80. The highest BCUT2D eigenvalue weighted by Crippen LogP contribution is 2.12. The summed E-state index contributed by atoms with van der Waals surface area (Å²) in [5, 5.41) is 17.7. The van der Waals surface area contributed by atoms with Crippen LogP contribution in [0.3, 0.4) is 0 Å². The van der Waals surface area contributed by atoms with Gasteiger partial charge in [-0.3, -0.25) is 4.90 Å². The van der Waals surface area contributed by atoms with Crippen LogP contribution in [0.1, 0.15) is 12.7 Å². The molecule has 1 atom stereocenters. The van der Waals surface area contributed by atoms with Crippen molar-refractivity contribution in [3.8, 4) is 0 Å². The van der Waals surface area contributed by atoms with Crippen LogP contribution in [0.25, 0.3) is 0 Å². The van der Waals surface area contributed by atoms with Crippen molar-refractivity contribution in [1.82, 2.24) is 19.7 Å². The number of hydrogen-bond donors (Lipinski definition) is 2. The molecule has 0 radical (unpaired) electrons. The Kier molecular flexibility index (Phi) is 2.72. The van der Waals surface area contributed by atoms with Gasteiger partial charge in [-0.1, -0.05) is 0 Å². The van der Waals surface area contributed by atoms with Crippen molar-refractivity contribution in [2.75, 3.05) is 19.6 Å². The van der Waals surface area contributed by atoms with E-state index >= 15 is 0 Å². The van der Waals surface area contributed by atoms with Gasteiger partial charge < -0.3 is 15.4 Å². The maximum atomic E-state index is 9.86. The lowest BCUT2D eigenvalue weighted by molar-refractivity contribution is 0.0186. The van der Waals surface area contributed by atoms with Crippen LogP contribution >= 0.6 is 0 Å². The Hall–Kier alpha value is -0.980. The summed E-state index contributed by atoms with van der Waals surface area (Å²) in [5.74, 6) is 0.953. The van der Waals surface area contributed by atoms with Gasteiger partial charge in [0.25, 0.3) is 0 Å². The number of β-amino-alcohol motifs (C(OH)–C–C–N with tert-alkyl or cyclic N) is 1. The molecule has 0 amide bonds. The molecule has 2 heterocycles. The molecule has 0 fully saturated rings. The summed E-state index contributed by atoms with van der Waals surface area (Å²) in [6.07, 6.45) is 1.74. The van der Waals surface area contributed by atoms with Crippen molar-refractivity contribution in [3.05, 3.63) is 12.2 Å². The molecule has 1 aliphatic rings. The molecule has 1 unspecified atom stereocenters. The summed E-state index contributed by atoms with van der Waals surface area (Å²) < 4.78 is 2.04. The molecular formula is C9H17N5O. The molecule has 3 N–H and O–H groups in total. The molecular weight excluding hydrogens is 194 g/mol. The van der Waals surface area contributed by atoms with E-state index in [0.29, 0.717) is 6.54 Å². The van der Waals surface area contributed by atoms with Gasteiger partial charge in [0.05, 0.1) is 12.1 Å². The smallest absolute Gasteiger partial charge is 0.147 e. The zero-order chi connectivity index (χ0) is 10.9. The number of nitrogens with two attached hydrogens (primary N) is 1. The maximum absolute atomic E-state index is 9.86. The summed E-state index contributed by atoms with van der Waals surface area (Å²) in [7, 11) is 0. The predicted molar refractivity (Wildman–Crippen MR) is 55.0 cm³/mol. The standard InChI is InChI=1S/C9H17N5O/c1-9(15,5-10)6-13-2-3-14-7-11-12-8(14)4-13/h7,15H,2-6,10H2,1H3. The Morgan fingerprint density at radius 3 is 3.13 bits per heavy atom. The van der Waals surface area contributed by atoms with Crippen LogP contribution in [0.4, 0.5) is 0 Å². The van der Waals surface area contributed by atoms with Crippen LogP contribution < -0.4 is 5.73 Å². The highest BCUT2D eigenvalue weighted by Gasteiger charge is 2.25. The third-order valence-electron chi connectivity index (χ3n) is 2.72. The van der Waals surface area contributed by atoms with Gasteiger partial charge in [0, 0.05) is 26.2 Å². The Morgan fingerprint density at radius 1 is 1.60 bits per heavy atom. The van der Waals surface area contributed by atoms with Gasteiger partial charge in [-0.15, -0.1) is 10.2 Å². The highest BCUT2D eigenvalue weighted by atomic mass is 16.3. The summed E-state index contributed by atoms with van der Waals surface area (Å²) in [5.41, 5.74) is 4.67. The third kappa shape index (κ3) is 2.34. The molecule has 0 bridgehead atoms. The van der Waals surface area contributed by atoms with Gasteiger partial charge in [0.2, 0.25) is 0 Å². The minimum absolute atomic E-state index is 0.274. The molecule has 6 nitrogen and oxygen atoms in total. The van der Waals surface area contributed by atoms with E-state index in [-0.39, 0.29) is 6.54 Å². The Bertz CT molecular complexity index is 335. The largest absolute Gasteiger partial charge is 0.388 e. The average Bonchev–Trinajstić information content (AvgIpc) is 2.64. The summed E-state index contributed by atoms with van der Waals surface area (Å²) in [4.78, 5) is 2.15. The van der Waals surface area contributed by atoms with Crippen molar-refractivity contribution in [2.24, 2.45) is 5.73 Å². The molecule has 6 heteroatoms. The van der Waals surface area contributed by atoms with Crippen molar-refractivity contribution < 1.29 is 5.11 Å². The lowest BCUT2D eigenvalue weighted by atomic mass is 10.1. The van der Waals surface area contributed by atoms with Crippen LogP contribution in [0.15, 0.2) is 6.33 Å². The fraction of sp³-hybridized carbons (Fsp3) is 0.778. The molecule has 0 saturated carbocycles. The van der Waals surface area contributed by atoms with Gasteiger partial charge in [0.15, 0.2) is 0 Å². The van der Waals surface area contributed by atoms with Gasteiger partial charge in [-0.2, -0.15) is 0 Å². The Labute approximate surface area is 88.7 Å². The van der Waals surface area contributed by atoms with Crippen LogP contribution in [-0.2, 0) is 13.1 Å². The lowest BCUT2D eigenvalue weighted by Crippen LogP contribution is -2.48. The van der Waals surface area contributed by atoms with E-state index < -0.39 is 5.60 Å². The summed E-state index contributed by atoms with van der Waals surface area (Å²) >= 11 is 0. The number of aliphatic hydroxyl groups is 1. The molecule has 1 aromatic heterocycles. The second kappa shape index (κ2) is 3.88. The minimum atomic E-state index is -0.817. The number of aromatic nitrogens is 3. The van der Waals surface area contributed by atoms with Gasteiger partial charge >= 0.3 is 0 Å². The van der Waals surface area contributed by atoms with E-state index in [9.17, 15) is 5.11 Å². The molecule has 1 aromatic rings. The van der Waals surface area contributed by atoms with E-state index in [1.54, 1.807) is 13.3 Å². The number of fused-ring (bicyclic) bond motifs is 1. The maximum Gasteiger partial charge on any atom is 0.147 e. The summed E-state index contributed by atoms with van der Waals surface area (Å²) in [6, 6.07) is 0. The first-order chi connectivity index (χ1) is 7.11. The van der Waals surface area contributed by atoms with E-state index in [1.807, 2.05) is 4.57 Å². The van der Waals surface area contributed by atoms with Crippen LogP contribution in [-0.4, -0.2) is 50.0 Å². The van der Waals surface area contributed by atoms with E-state index in [2.05, 4.69) is 15.1 Å². The second-order valence-corrected chi connectivity index (χ2v) is 4.35. The number of hydrogen-bond acceptors (Lipinski definition) is 5. The van der Waals surface area contributed by atoms with E-state index in [1.165, 1.54) is 0 Å². The van der Waals surface area contributed by atoms with Crippen LogP contribution in [0.5, 0.6) is 0 Å². The SMILES string of the molecule is CC(O)(CN)CN1CCn2cnnc2C1. The zero-order valence-corrected chi connectivity index (χ0v) is 8.93. The van der Waals surface area contributed by atoms with Crippen molar-refractivity contribution in [3.63, 3.8) is 0 Å². The highest BCUT2D eigenvalue weighted by molar-refractivity contribution is 4.91. The van der Waals surface area contributed by atoms with Crippen molar-refractivity contribution in [2.45, 2.75) is 25.6 Å². The molecule has 0 saturated heterocycles. The molecule has 0 aliphatic carbocycles. The van der Waals surface area contributed by atoms with Gasteiger partial charge in [-0.25, -0.2) is 0 Å². The summed E-state index contributed by atoms with van der Waals surface area (Å²) in [6.45, 7) is 5.12. The van der Waals surface area contributed by atoms with E-state index in [0.717, 1.165) is 25.5 Å². The second-order valence-electron chi connectivity index (χ2n) is 4.35. The van der Waals surface area contributed by atoms with Crippen LogP contribution in [0, 0.1) is 0 Å². The third-order valence-corrected chi connectivity index (χ3v) is 2.72. The molecule has 15 heavy (non-hydrogen) atoms. The van der Waals surface area contributed by atoms with Gasteiger partial charge in [0.1, 0.15) is 12.2 Å². The average molecular weight is 211 g/mol. The molecule has 0 spiro atoms. The first-order valence-electron chi connectivity index (χ1n) is 5.12. The van der Waals surface area contributed by atoms with E-state index in [4.69, 9.17) is 5.73 Å².